The van der Waals surface area contributed by atoms with Crippen LogP contribution in [0.25, 0.3) is 0 Å². The second-order valence-corrected chi connectivity index (χ2v) is 6.48. The summed E-state index contributed by atoms with van der Waals surface area (Å²) >= 11 is 5.77. The molecule has 1 N–H and O–H groups in total. The first-order valence-corrected chi connectivity index (χ1v) is 8.00. The van der Waals surface area contributed by atoms with Crippen LogP contribution in [0.3, 0.4) is 0 Å². The van der Waals surface area contributed by atoms with Crippen molar-refractivity contribution in [1.29, 1.82) is 0 Å². The second kappa shape index (κ2) is 5.64. The Bertz CT molecular complexity index is 739. The number of sulfonamides is 1. The maximum atomic E-state index is 12.3. The molecule has 0 saturated carbocycles. The summed E-state index contributed by atoms with van der Waals surface area (Å²) in [7, 11) is -3.37. The fraction of sp³-hybridized carbons (Fsp3) is 0.0714. The summed E-state index contributed by atoms with van der Waals surface area (Å²) < 4.78 is 24.7. The standard InChI is InChI=1S/C14H12ClNO3S/c1-20(18,19)16-13-4-2-3-11(9-13)14(17)10-5-7-12(15)8-6-10/h2-9,16H,1H3. The minimum Gasteiger partial charge on any atom is -0.289 e. The summed E-state index contributed by atoms with van der Waals surface area (Å²) in [5.41, 5.74) is 1.25. The maximum absolute atomic E-state index is 12.3. The lowest BCUT2D eigenvalue weighted by Gasteiger charge is -2.06. The van der Waals surface area contributed by atoms with Crippen molar-refractivity contribution in [3.8, 4) is 0 Å². The molecular formula is C14H12ClNO3S. The van der Waals surface area contributed by atoms with Crippen LogP contribution >= 0.6 is 11.6 Å². The van der Waals surface area contributed by atoms with Gasteiger partial charge in [-0.05, 0) is 36.4 Å². The average Bonchev–Trinajstić information content (AvgIpc) is 2.37. The molecule has 0 aliphatic rings. The van der Waals surface area contributed by atoms with Crippen molar-refractivity contribution in [2.45, 2.75) is 0 Å². The number of nitrogens with one attached hydrogen (secondary N) is 1. The first kappa shape index (κ1) is 14.6. The Morgan fingerprint density at radius 3 is 2.30 bits per heavy atom. The van der Waals surface area contributed by atoms with Gasteiger partial charge in [-0.15, -0.1) is 0 Å². The molecule has 0 fully saturated rings. The molecule has 0 heterocycles. The van der Waals surface area contributed by atoms with Gasteiger partial charge in [0, 0.05) is 21.8 Å². The first-order valence-electron chi connectivity index (χ1n) is 5.73. The predicted octanol–water partition coefficient (Wildman–Crippen LogP) is 2.94. The molecule has 4 nitrogen and oxygen atoms in total. The zero-order chi connectivity index (χ0) is 14.8. The first-order chi connectivity index (χ1) is 9.35. The van der Waals surface area contributed by atoms with Crippen molar-refractivity contribution >= 4 is 33.1 Å². The van der Waals surface area contributed by atoms with E-state index in [2.05, 4.69) is 4.72 Å². The molecule has 0 aromatic heterocycles. The Kier molecular flexibility index (Phi) is 4.11. The van der Waals surface area contributed by atoms with E-state index < -0.39 is 10.0 Å². The largest absolute Gasteiger partial charge is 0.289 e. The maximum Gasteiger partial charge on any atom is 0.229 e. The SMILES string of the molecule is CS(=O)(=O)Nc1cccc(C(=O)c2ccc(Cl)cc2)c1. The van der Waals surface area contributed by atoms with Crippen molar-refractivity contribution in [3.63, 3.8) is 0 Å². The number of carbonyl (C=O) groups excluding carboxylic acids is 1. The third-order valence-corrected chi connectivity index (χ3v) is 3.39. The Labute approximate surface area is 122 Å². The van der Waals surface area contributed by atoms with E-state index in [9.17, 15) is 13.2 Å². The minimum atomic E-state index is -3.37. The Morgan fingerprint density at radius 2 is 1.70 bits per heavy atom. The molecule has 0 amide bonds. The van der Waals surface area contributed by atoms with Crippen LogP contribution in [0.15, 0.2) is 48.5 Å². The fourth-order valence-electron chi connectivity index (χ4n) is 1.71. The van der Waals surface area contributed by atoms with Gasteiger partial charge < -0.3 is 0 Å². The van der Waals surface area contributed by atoms with Crippen LogP contribution in [-0.2, 0) is 10.0 Å². The summed E-state index contributed by atoms with van der Waals surface area (Å²) in [6.07, 6.45) is 1.06. The van der Waals surface area contributed by atoms with Gasteiger partial charge in [0.1, 0.15) is 0 Å². The highest BCUT2D eigenvalue weighted by Gasteiger charge is 2.10. The molecule has 0 saturated heterocycles. The molecule has 0 spiro atoms. The molecule has 0 bridgehead atoms. The highest BCUT2D eigenvalue weighted by Crippen LogP contribution is 2.17. The third kappa shape index (κ3) is 3.82. The molecule has 0 unspecified atom stereocenters. The van der Waals surface area contributed by atoms with Crippen molar-refractivity contribution in [3.05, 3.63) is 64.7 Å². The van der Waals surface area contributed by atoms with Crippen molar-refractivity contribution in [2.75, 3.05) is 11.0 Å². The van der Waals surface area contributed by atoms with E-state index in [-0.39, 0.29) is 5.78 Å². The monoisotopic (exact) mass is 309 g/mol. The Morgan fingerprint density at radius 1 is 1.05 bits per heavy atom. The number of benzene rings is 2. The van der Waals surface area contributed by atoms with Gasteiger partial charge in [0.05, 0.1) is 6.26 Å². The van der Waals surface area contributed by atoms with Crippen LogP contribution in [-0.4, -0.2) is 20.5 Å². The molecule has 0 radical (unpaired) electrons. The molecule has 0 atom stereocenters. The van der Waals surface area contributed by atoms with Gasteiger partial charge >= 0.3 is 0 Å². The molecule has 2 rings (SSSR count). The van der Waals surface area contributed by atoms with E-state index in [1.54, 1.807) is 42.5 Å². The summed E-state index contributed by atoms with van der Waals surface area (Å²) in [6.45, 7) is 0. The molecular weight excluding hydrogens is 298 g/mol. The van der Waals surface area contributed by atoms with E-state index in [4.69, 9.17) is 11.6 Å². The summed E-state index contributed by atoms with van der Waals surface area (Å²) in [4.78, 5) is 12.3. The predicted molar refractivity (Wildman–Crippen MR) is 79.8 cm³/mol. The fourth-order valence-corrected chi connectivity index (χ4v) is 2.39. The highest BCUT2D eigenvalue weighted by molar-refractivity contribution is 7.92. The van der Waals surface area contributed by atoms with Gasteiger partial charge in [0.2, 0.25) is 10.0 Å². The smallest absolute Gasteiger partial charge is 0.229 e. The van der Waals surface area contributed by atoms with Gasteiger partial charge in [-0.3, -0.25) is 9.52 Å². The van der Waals surface area contributed by atoms with Crippen molar-refractivity contribution < 1.29 is 13.2 Å². The number of rotatable bonds is 4. The van der Waals surface area contributed by atoms with E-state index in [1.807, 2.05) is 0 Å². The van der Waals surface area contributed by atoms with Gasteiger partial charge in [-0.2, -0.15) is 0 Å². The Hall–Kier alpha value is -1.85. The minimum absolute atomic E-state index is 0.196. The lowest BCUT2D eigenvalue weighted by atomic mass is 10.0. The third-order valence-electron chi connectivity index (χ3n) is 2.53. The van der Waals surface area contributed by atoms with Crippen molar-refractivity contribution in [2.24, 2.45) is 0 Å². The molecule has 20 heavy (non-hydrogen) atoms. The quantitative estimate of drug-likeness (QED) is 0.883. The molecule has 6 heteroatoms. The van der Waals surface area contributed by atoms with Gasteiger partial charge in [0.15, 0.2) is 5.78 Å². The molecule has 0 aliphatic heterocycles. The Balaban J connectivity index is 2.31. The van der Waals surface area contributed by atoms with Crippen LogP contribution < -0.4 is 4.72 Å². The van der Waals surface area contributed by atoms with Gasteiger partial charge in [-0.1, -0.05) is 23.7 Å². The number of ketones is 1. The number of hydrogen-bond donors (Lipinski definition) is 1. The number of carbonyl (C=O) groups is 1. The molecule has 104 valence electrons. The van der Waals surface area contributed by atoms with E-state index in [0.29, 0.717) is 21.8 Å². The topological polar surface area (TPSA) is 63.2 Å². The highest BCUT2D eigenvalue weighted by atomic mass is 35.5. The van der Waals surface area contributed by atoms with Crippen LogP contribution in [0.4, 0.5) is 5.69 Å². The molecule has 2 aromatic carbocycles. The van der Waals surface area contributed by atoms with E-state index >= 15 is 0 Å². The molecule has 2 aromatic rings. The summed E-state index contributed by atoms with van der Waals surface area (Å²) in [5.74, 6) is -0.196. The van der Waals surface area contributed by atoms with Crippen LogP contribution in [0, 0.1) is 0 Å². The number of halogens is 1. The van der Waals surface area contributed by atoms with Gasteiger partial charge in [0.25, 0.3) is 0 Å². The van der Waals surface area contributed by atoms with Crippen LogP contribution in [0.2, 0.25) is 5.02 Å². The van der Waals surface area contributed by atoms with Crippen molar-refractivity contribution in [1.82, 2.24) is 0 Å². The zero-order valence-electron chi connectivity index (χ0n) is 10.6. The zero-order valence-corrected chi connectivity index (χ0v) is 12.2. The van der Waals surface area contributed by atoms with Crippen LogP contribution in [0.5, 0.6) is 0 Å². The van der Waals surface area contributed by atoms with E-state index in [0.717, 1.165) is 6.26 Å². The number of hydrogen-bond acceptors (Lipinski definition) is 3. The lowest BCUT2D eigenvalue weighted by molar-refractivity contribution is 0.103. The van der Waals surface area contributed by atoms with E-state index in [1.165, 1.54) is 6.07 Å². The van der Waals surface area contributed by atoms with Gasteiger partial charge in [-0.25, -0.2) is 8.42 Å². The summed E-state index contributed by atoms with van der Waals surface area (Å²) in [6, 6.07) is 12.8. The lowest BCUT2D eigenvalue weighted by Crippen LogP contribution is -2.10. The summed E-state index contributed by atoms with van der Waals surface area (Å²) in [5, 5.41) is 0.550. The van der Waals surface area contributed by atoms with Crippen LogP contribution in [0.1, 0.15) is 15.9 Å². The molecule has 0 aliphatic carbocycles. The average molecular weight is 310 g/mol. The number of anilines is 1. The normalized spacial score (nSPS) is 11.1. The second-order valence-electron chi connectivity index (χ2n) is 4.29.